The first-order chi connectivity index (χ1) is 8.99. The van der Waals surface area contributed by atoms with Crippen molar-refractivity contribution in [1.29, 1.82) is 0 Å². The van der Waals surface area contributed by atoms with Gasteiger partial charge in [-0.25, -0.2) is 0 Å². The molecule has 1 rings (SSSR count). The van der Waals surface area contributed by atoms with Crippen molar-refractivity contribution in [2.24, 2.45) is 0 Å². The Morgan fingerprint density at radius 2 is 1.74 bits per heavy atom. The first kappa shape index (κ1) is 15.5. The molecule has 1 fully saturated rings. The standard InChI is InChI=1S/C13H22N2O4/c1-10(16)15-8-6-11(7-9-15)14-12(17)4-2-3-5-13(18)19/h11H,2-9H2,1H3,(H,14,17)(H,18,19). The van der Waals surface area contributed by atoms with E-state index < -0.39 is 5.97 Å². The Labute approximate surface area is 113 Å². The third-order valence-corrected chi connectivity index (χ3v) is 3.35. The summed E-state index contributed by atoms with van der Waals surface area (Å²) in [6.07, 6.45) is 3.21. The number of aliphatic carboxylic acids is 1. The van der Waals surface area contributed by atoms with Crippen LogP contribution in [0.5, 0.6) is 0 Å². The molecule has 0 aliphatic carbocycles. The average Bonchev–Trinajstić information content (AvgIpc) is 2.35. The topological polar surface area (TPSA) is 86.7 Å². The SMILES string of the molecule is CC(=O)N1CCC(NC(=O)CCCCC(=O)O)CC1. The van der Waals surface area contributed by atoms with E-state index in [4.69, 9.17) is 5.11 Å². The number of unbranched alkanes of at least 4 members (excludes halogenated alkanes) is 1. The molecule has 0 aromatic carbocycles. The summed E-state index contributed by atoms with van der Waals surface area (Å²) in [5.41, 5.74) is 0. The second-order valence-corrected chi connectivity index (χ2v) is 4.95. The number of hydrogen-bond donors (Lipinski definition) is 2. The van der Waals surface area contributed by atoms with E-state index >= 15 is 0 Å². The van der Waals surface area contributed by atoms with Gasteiger partial charge < -0.3 is 15.3 Å². The van der Waals surface area contributed by atoms with Crippen LogP contribution in [0, 0.1) is 0 Å². The number of amides is 2. The van der Waals surface area contributed by atoms with Gasteiger partial charge in [-0.15, -0.1) is 0 Å². The van der Waals surface area contributed by atoms with Crippen molar-refractivity contribution < 1.29 is 19.5 Å². The minimum atomic E-state index is -0.822. The number of likely N-dealkylation sites (tertiary alicyclic amines) is 1. The maximum atomic E-state index is 11.6. The predicted molar refractivity (Wildman–Crippen MR) is 69.5 cm³/mol. The fourth-order valence-corrected chi connectivity index (χ4v) is 2.20. The number of nitrogens with one attached hydrogen (secondary N) is 1. The highest BCUT2D eigenvalue weighted by molar-refractivity contribution is 5.76. The van der Waals surface area contributed by atoms with Crippen molar-refractivity contribution in [3.63, 3.8) is 0 Å². The molecular formula is C13H22N2O4. The molecule has 0 aromatic rings. The largest absolute Gasteiger partial charge is 0.481 e. The molecule has 0 saturated carbocycles. The molecule has 19 heavy (non-hydrogen) atoms. The first-order valence-corrected chi connectivity index (χ1v) is 6.75. The van der Waals surface area contributed by atoms with Crippen molar-refractivity contribution in [2.45, 2.75) is 51.5 Å². The predicted octanol–water partition coefficient (Wildman–Crippen LogP) is 0.758. The molecule has 0 spiro atoms. The lowest BCUT2D eigenvalue weighted by Crippen LogP contribution is -2.45. The van der Waals surface area contributed by atoms with Gasteiger partial charge in [-0.05, 0) is 25.7 Å². The quantitative estimate of drug-likeness (QED) is 0.698. The van der Waals surface area contributed by atoms with Gasteiger partial charge in [0.2, 0.25) is 11.8 Å². The second kappa shape index (κ2) is 7.76. The number of nitrogens with zero attached hydrogens (tertiary/aromatic N) is 1. The van der Waals surface area contributed by atoms with E-state index in [0.717, 1.165) is 12.8 Å². The maximum absolute atomic E-state index is 11.6. The molecule has 1 aliphatic rings. The van der Waals surface area contributed by atoms with Crippen LogP contribution in [0.4, 0.5) is 0 Å². The Bertz CT molecular complexity index is 336. The van der Waals surface area contributed by atoms with Gasteiger partial charge in [-0.3, -0.25) is 14.4 Å². The van der Waals surface area contributed by atoms with Crippen molar-refractivity contribution >= 4 is 17.8 Å². The van der Waals surface area contributed by atoms with E-state index in [1.165, 1.54) is 0 Å². The number of carbonyl (C=O) groups is 3. The Morgan fingerprint density at radius 1 is 1.16 bits per heavy atom. The summed E-state index contributed by atoms with van der Waals surface area (Å²) in [4.78, 5) is 34.9. The molecule has 1 aliphatic heterocycles. The molecule has 1 saturated heterocycles. The number of carbonyl (C=O) groups excluding carboxylic acids is 2. The van der Waals surface area contributed by atoms with E-state index in [2.05, 4.69) is 5.32 Å². The van der Waals surface area contributed by atoms with Gasteiger partial charge in [-0.2, -0.15) is 0 Å². The van der Waals surface area contributed by atoms with Gasteiger partial charge in [-0.1, -0.05) is 0 Å². The fraction of sp³-hybridized carbons (Fsp3) is 0.769. The highest BCUT2D eigenvalue weighted by Gasteiger charge is 2.21. The number of rotatable bonds is 6. The van der Waals surface area contributed by atoms with Gasteiger partial charge in [0.15, 0.2) is 0 Å². The Morgan fingerprint density at radius 3 is 2.26 bits per heavy atom. The van der Waals surface area contributed by atoms with Gasteiger partial charge in [0.25, 0.3) is 0 Å². The smallest absolute Gasteiger partial charge is 0.303 e. The summed E-state index contributed by atoms with van der Waals surface area (Å²) < 4.78 is 0. The Hall–Kier alpha value is -1.59. The highest BCUT2D eigenvalue weighted by atomic mass is 16.4. The molecule has 0 atom stereocenters. The van der Waals surface area contributed by atoms with Crippen LogP contribution in [-0.2, 0) is 14.4 Å². The fourth-order valence-electron chi connectivity index (χ4n) is 2.20. The van der Waals surface area contributed by atoms with Crippen LogP contribution >= 0.6 is 0 Å². The van der Waals surface area contributed by atoms with Crippen LogP contribution in [0.3, 0.4) is 0 Å². The summed E-state index contributed by atoms with van der Waals surface area (Å²) >= 11 is 0. The highest BCUT2D eigenvalue weighted by Crippen LogP contribution is 2.11. The normalized spacial score (nSPS) is 16.2. The third-order valence-electron chi connectivity index (χ3n) is 3.35. The van der Waals surface area contributed by atoms with Gasteiger partial charge in [0.1, 0.15) is 0 Å². The van der Waals surface area contributed by atoms with Crippen molar-refractivity contribution in [3.8, 4) is 0 Å². The molecule has 6 heteroatoms. The maximum Gasteiger partial charge on any atom is 0.303 e. The summed E-state index contributed by atoms with van der Waals surface area (Å²) in [5.74, 6) is -0.762. The van der Waals surface area contributed by atoms with Crippen LogP contribution in [0.2, 0.25) is 0 Å². The molecule has 0 unspecified atom stereocenters. The molecule has 2 N–H and O–H groups in total. The molecule has 108 valence electrons. The number of piperidine rings is 1. The molecule has 0 aromatic heterocycles. The molecule has 1 heterocycles. The molecule has 0 bridgehead atoms. The zero-order chi connectivity index (χ0) is 14.3. The van der Waals surface area contributed by atoms with Crippen LogP contribution in [-0.4, -0.2) is 46.9 Å². The van der Waals surface area contributed by atoms with Gasteiger partial charge in [0.05, 0.1) is 0 Å². The van der Waals surface area contributed by atoms with Gasteiger partial charge in [0, 0.05) is 38.9 Å². The van der Waals surface area contributed by atoms with Crippen molar-refractivity contribution in [3.05, 3.63) is 0 Å². The Kier molecular flexibility index (Phi) is 6.32. The van der Waals surface area contributed by atoms with Crippen LogP contribution in [0.25, 0.3) is 0 Å². The molecule has 6 nitrogen and oxygen atoms in total. The summed E-state index contributed by atoms with van der Waals surface area (Å²) in [6, 6.07) is 0.141. The van der Waals surface area contributed by atoms with Gasteiger partial charge >= 0.3 is 5.97 Å². The molecule has 0 radical (unpaired) electrons. The van der Waals surface area contributed by atoms with E-state index in [-0.39, 0.29) is 24.3 Å². The monoisotopic (exact) mass is 270 g/mol. The molecular weight excluding hydrogens is 248 g/mol. The summed E-state index contributed by atoms with van der Waals surface area (Å²) in [7, 11) is 0. The van der Waals surface area contributed by atoms with E-state index in [9.17, 15) is 14.4 Å². The number of hydrogen-bond acceptors (Lipinski definition) is 3. The minimum absolute atomic E-state index is 0.0216. The zero-order valence-corrected chi connectivity index (χ0v) is 11.4. The van der Waals surface area contributed by atoms with E-state index in [1.807, 2.05) is 0 Å². The lowest BCUT2D eigenvalue weighted by atomic mass is 10.0. The summed E-state index contributed by atoms with van der Waals surface area (Å²) in [6.45, 7) is 2.94. The van der Waals surface area contributed by atoms with E-state index in [0.29, 0.717) is 32.4 Å². The van der Waals surface area contributed by atoms with Crippen molar-refractivity contribution in [2.75, 3.05) is 13.1 Å². The lowest BCUT2D eigenvalue weighted by molar-refractivity contribution is -0.137. The van der Waals surface area contributed by atoms with Crippen LogP contribution in [0.1, 0.15) is 45.4 Å². The second-order valence-electron chi connectivity index (χ2n) is 4.95. The average molecular weight is 270 g/mol. The molecule has 2 amide bonds. The van der Waals surface area contributed by atoms with Crippen LogP contribution < -0.4 is 5.32 Å². The lowest BCUT2D eigenvalue weighted by Gasteiger charge is -2.31. The van der Waals surface area contributed by atoms with Crippen molar-refractivity contribution in [1.82, 2.24) is 10.2 Å². The zero-order valence-electron chi connectivity index (χ0n) is 11.4. The minimum Gasteiger partial charge on any atom is -0.481 e. The Balaban J connectivity index is 2.13. The van der Waals surface area contributed by atoms with Crippen LogP contribution in [0.15, 0.2) is 0 Å². The first-order valence-electron chi connectivity index (χ1n) is 6.75. The summed E-state index contributed by atoms with van der Waals surface area (Å²) in [5, 5.41) is 11.4. The number of carboxylic acids is 1. The number of carboxylic acid groups (broad SMARTS) is 1. The van der Waals surface area contributed by atoms with E-state index in [1.54, 1.807) is 11.8 Å². The third kappa shape index (κ3) is 6.22.